The van der Waals surface area contributed by atoms with Gasteiger partial charge in [0.25, 0.3) is 0 Å². The lowest BCUT2D eigenvalue weighted by Crippen LogP contribution is -2.51. The zero-order valence-corrected chi connectivity index (χ0v) is 43.4. The largest absolute Gasteiger partial charge is 0.493 e. The van der Waals surface area contributed by atoms with Crippen molar-refractivity contribution >= 4 is 80.0 Å². The highest BCUT2D eigenvalue weighted by Gasteiger charge is 2.30. The molecular formula is C53H60Cl2F2N10O8. The van der Waals surface area contributed by atoms with Crippen molar-refractivity contribution in [3.8, 4) is 23.0 Å². The topological polar surface area (TPSA) is 178 Å². The number of methoxy groups -OCH3 is 2. The second-order valence-corrected chi connectivity index (χ2v) is 19.3. The Morgan fingerprint density at radius 2 is 1.21 bits per heavy atom. The molecule has 22 heteroatoms. The van der Waals surface area contributed by atoms with Crippen molar-refractivity contribution in [3.05, 3.63) is 95.0 Å². The average Bonchev–Trinajstić information content (AvgIpc) is 3.85. The van der Waals surface area contributed by atoms with Crippen LogP contribution >= 0.6 is 23.2 Å². The van der Waals surface area contributed by atoms with E-state index >= 15 is 0 Å². The van der Waals surface area contributed by atoms with Crippen LogP contribution in [0.25, 0.3) is 21.8 Å². The molecule has 0 saturated carbocycles. The van der Waals surface area contributed by atoms with Crippen LogP contribution in [0.3, 0.4) is 0 Å². The first-order valence-corrected chi connectivity index (χ1v) is 25.9. The van der Waals surface area contributed by atoms with Gasteiger partial charge >= 0.3 is 6.03 Å². The minimum absolute atomic E-state index is 0.00894. The predicted octanol–water partition coefficient (Wildman–Crippen LogP) is 9.13. The van der Waals surface area contributed by atoms with Gasteiger partial charge in [0.05, 0.1) is 48.0 Å². The number of benzene rings is 4. The van der Waals surface area contributed by atoms with Crippen LogP contribution < -0.4 is 29.6 Å². The lowest BCUT2D eigenvalue weighted by molar-refractivity contribution is -0.127. The summed E-state index contributed by atoms with van der Waals surface area (Å²) in [6.07, 6.45) is 7.67. The van der Waals surface area contributed by atoms with E-state index in [-0.39, 0.29) is 34.2 Å². The number of anilines is 4. The molecule has 0 unspecified atom stereocenters. The first kappa shape index (κ1) is 53.3. The summed E-state index contributed by atoms with van der Waals surface area (Å²) >= 11 is 11.9. The molecule has 0 spiro atoms. The SMILES string of the molecule is COCCOc1cc2ncnc(Nc3ccc(F)c(Cl)c3)c2cc1OC1CCN(C(=O)N2CCOCC2)CC1.COc1cc2ncnc(Nc3ccc(F)c(Cl)c3)c2cc1OC1CCN(CCN2CCCC2=O)CC1. The molecule has 4 fully saturated rings. The molecular weight excluding hydrogens is 1010 g/mol. The van der Waals surface area contributed by atoms with Crippen molar-refractivity contribution in [2.75, 3.05) is 110 Å². The molecule has 4 aliphatic heterocycles. The molecule has 4 aliphatic rings. The highest BCUT2D eigenvalue weighted by Crippen LogP contribution is 2.39. The van der Waals surface area contributed by atoms with E-state index in [4.69, 9.17) is 51.6 Å². The summed E-state index contributed by atoms with van der Waals surface area (Å²) < 4.78 is 62.1. The van der Waals surface area contributed by atoms with Crippen LogP contribution in [-0.2, 0) is 14.3 Å². The number of piperidine rings is 2. The lowest BCUT2D eigenvalue weighted by Gasteiger charge is -2.37. The molecule has 75 heavy (non-hydrogen) atoms. The van der Waals surface area contributed by atoms with Gasteiger partial charge in [-0.2, -0.15) is 0 Å². The number of ether oxygens (including phenoxy) is 6. The number of carbonyl (C=O) groups excluding carboxylic acids is 2. The molecule has 3 amide bonds. The number of hydrogen-bond acceptors (Lipinski definition) is 15. The number of morpholine rings is 1. The van der Waals surface area contributed by atoms with Crippen LogP contribution in [0.15, 0.2) is 73.3 Å². The number of likely N-dealkylation sites (tertiary alicyclic amines) is 3. The van der Waals surface area contributed by atoms with Gasteiger partial charge in [0.2, 0.25) is 5.91 Å². The van der Waals surface area contributed by atoms with E-state index in [0.29, 0.717) is 134 Å². The van der Waals surface area contributed by atoms with E-state index in [0.717, 1.165) is 57.4 Å². The van der Waals surface area contributed by atoms with Gasteiger partial charge in [-0.3, -0.25) is 4.79 Å². The van der Waals surface area contributed by atoms with Gasteiger partial charge in [0, 0.05) is 120 Å². The Bertz CT molecular complexity index is 2940. The van der Waals surface area contributed by atoms with Crippen molar-refractivity contribution in [2.45, 2.75) is 50.7 Å². The maximum atomic E-state index is 13.6. The molecule has 4 aromatic carbocycles. The van der Waals surface area contributed by atoms with Crippen LogP contribution in [-0.4, -0.2) is 163 Å². The Morgan fingerprint density at radius 1 is 0.667 bits per heavy atom. The first-order chi connectivity index (χ1) is 36.5. The van der Waals surface area contributed by atoms with Crippen molar-refractivity contribution in [3.63, 3.8) is 0 Å². The number of carbonyl (C=O) groups is 2. The van der Waals surface area contributed by atoms with Crippen molar-refractivity contribution < 1.29 is 46.8 Å². The third kappa shape index (κ3) is 13.6. The quantitative estimate of drug-likeness (QED) is 0.0877. The van der Waals surface area contributed by atoms with Crippen LogP contribution in [0.1, 0.15) is 38.5 Å². The molecule has 2 N–H and O–H groups in total. The first-order valence-electron chi connectivity index (χ1n) is 25.1. The number of rotatable bonds is 16. The number of aromatic nitrogens is 4. The van der Waals surface area contributed by atoms with E-state index in [9.17, 15) is 18.4 Å². The zero-order valence-electron chi connectivity index (χ0n) is 41.9. The number of fused-ring (bicyclic) bond motifs is 2. The van der Waals surface area contributed by atoms with Crippen LogP contribution in [0.2, 0.25) is 10.0 Å². The van der Waals surface area contributed by atoms with Crippen molar-refractivity contribution in [2.24, 2.45) is 0 Å². The molecule has 18 nitrogen and oxygen atoms in total. The van der Waals surface area contributed by atoms with Crippen LogP contribution in [0, 0.1) is 11.6 Å². The average molecular weight is 1070 g/mol. The lowest BCUT2D eigenvalue weighted by atomic mass is 10.1. The Balaban J connectivity index is 0.000000184. The normalized spacial score (nSPS) is 16.7. The predicted molar refractivity (Wildman–Crippen MR) is 281 cm³/mol. The van der Waals surface area contributed by atoms with Gasteiger partial charge in [-0.05, 0) is 67.8 Å². The molecule has 0 radical (unpaired) electrons. The van der Waals surface area contributed by atoms with E-state index in [1.807, 2.05) is 39.0 Å². The minimum atomic E-state index is -0.499. The smallest absolute Gasteiger partial charge is 0.320 e. The molecule has 0 atom stereocenters. The van der Waals surface area contributed by atoms with Gasteiger partial charge in [-0.1, -0.05) is 23.2 Å². The standard InChI is InChI=1S/C27H31ClFN5O5.C26H29ClFN5O3/c1-36-12-13-38-24-16-23-20(26(31-17-30-23)32-18-2-3-22(29)21(28)14-18)15-25(24)39-19-4-6-33(7-5-19)27(35)34-8-10-37-11-9-34;1-35-23-15-22-19(26(30-16-29-22)31-17-4-5-21(28)20(27)13-17)14-24(23)36-18-6-9-32(10-7-18)11-12-33-8-2-3-25(33)34/h2-3,14-17,19H,4-13H2,1H3,(H,30,31,32);4-5,13-16,18H,2-3,6-12H2,1H3,(H,29,30,31). The highest BCUT2D eigenvalue weighted by atomic mass is 35.5. The Hall–Kier alpha value is -6.58. The third-order valence-corrected chi connectivity index (χ3v) is 14.1. The van der Waals surface area contributed by atoms with Gasteiger partial charge in [-0.25, -0.2) is 33.5 Å². The Labute approximate surface area is 443 Å². The summed E-state index contributed by atoms with van der Waals surface area (Å²) in [5, 5.41) is 7.88. The fourth-order valence-corrected chi connectivity index (χ4v) is 9.73. The number of nitrogens with zero attached hydrogens (tertiary/aromatic N) is 8. The van der Waals surface area contributed by atoms with Gasteiger partial charge in [0.15, 0.2) is 23.0 Å². The molecule has 10 rings (SSSR count). The summed E-state index contributed by atoms with van der Waals surface area (Å²) in [6, 6.07) is 16.2. The number of amides is 3. The van der Waals surface area contributed by atoms with Crippen LogP contribution in [0.5, 0.6) is 23.0 Å². The summed E-state index contributed by atoms with van der Waals surface area (Å²) in [5.74, 6) is 2.69. The second-order valence-electron chi connectivity index (χ2n) is 18.5. The molecule has 6 heterocycles. The molecule has 4 saturated heterocycles. The van der Waals surface area contributed by atoms with E-state index in [1.54, 1.807) is 26.4 Å². The van der Waals surface area contributed by atoms with E-state index in [2.05, 4.69) is 35.5 Å². The number of hydrogen-bond donors (Lipinski definition) is 2. The van der Waals surface area contributed by atoms with Gasteiger partial charge < -0.3 is 58.7 Å². The summed E-state index contributed by atoms with van der Waals surface area (Å²) in [7, 11) is 3.22. The summed E-state index contributed by atoms with van der Waals surface area (Å²) in [5.41, 5.74) is 2.53. The van der Waals surface area contributed by atoms with Gasteiger partial charge in [-0.15, -0.1) is 0 Å². The summed E-state index contributed by atoms with van der Waals surface area (Å²) in [6.45, 7) is 8.80. The maximum absolute atomic E-state index is 13.6. The zero-order chi connectivity index (χ0) is 52.3. The molecule has 398 valence electrons. The minimum Gasteiger partial charge on any atom is -0.493 e. The van der Waals surface area contributed by atoms with Crippen molar-refractivity contribution in [1.82, 2.24) is 39.5 Å². The number of nitrogens with one attached hydrogen (secondary N) is 2. The van der Waals surface area contributed by atoms with E-state index in [1.165, 1.54) is 36.9 Å². The van der Waals surface area contributed by atoms with E-state index < -0.39 is 11.6 Å². The Kier molecular flexibility index (Phi) is 18.0. The molecule has 6 aromatic rings. The summed E-state index contributed by atoms with van der Waals surface area (Å²) in [4.78, 5) is 50.3. The second kappa shape index (κ2) is 25.3. The Morgan fingerprint density at radius 3 is 1.75 bits per heavy atom. The maximum Gasteiger partial charge on any atom is 0.320 e. The highest BCUT2D eigenvalue weighted by molar-refractivity contribution is 6.31. The fourth-order valence-electron chi connectivity index (χ4n) is 9.37. The third-order valence-electron chi connectivity index (χ3n) is 13.5. The van der Waals surface area contributed by atoms with Crippen molar-refractivity contribution in [1.29, 1.82) is 0 Å². The molecule has 0 bridgehead atoms. The molecule has 0 aliphatic carbocycles. The fraction of sp³-hybridized carbons (Fsp3) is 0.434. The van der Waals surface area contributed by atoms with Crippen LogP contribution in [0.4, 0.5) is 36.6 Å². The number of halogens is 4. The molecule has 2 aromatic heterocycles. The number of urea groups is 1. The van der Waals surface area contributed by atoms with Gasteiger partial charge in [0.1, 0.15) is 54.7 Å². The monoisotopic (exact) mass is 1070 g/mol.